The van der Waals surface area contributed by atoms with Crippen LogP contribution in [-0.2, 0) is 16.0 Å². The van der Waals surface area contributed by atoms with Gasteiger partial charge in [-0.3, -0.25) is 4.52 Å². The second kappa shape index (κ2) is 11.2. The first-order valence-corrected chi connectivity index (χ1v) is 8.59. The number of benzene rings is 2. The molecule has 0 saturated heterocycles. The van der Waals surface area contributed by atoms with E-state index in [1.54, 1.807) is 30.3 Å². The van der Waals surface area contributed by atoms with Crippen LogP contribution in [0.4, 0.5) is 11.6 Å². The summed E-state index contributed by atoms with van der Waals surface area (Å²) in [7, 11) is 0. The van der Waals surface area contributed by atoms with Crippen LogP contribution in [0.15, 0.2) is 64.2 Å². The second-order valence-electron chi connectivity index (χ2n) is 5.57. The van der Waals surface area contributed by atoms with Crippen LogP contribution in [0.3, 0.4) is 0 Å². The minimum Gasteiger partial charge on any atom is -0.846 e. The number of hydrogen-bond donors (Lipinski definition) is 1. The summed E-state index contributed by atoms with van der Waals surface area (Å²) in [5, 5.41) is 26.9. The first-order chi connectivity index (χ1) is 14.6. The van der Waals surface area contributed by atoms with Gasteiger partial charge in [0.1, 0.15) is 0 Å². The molecule has 9 nitrogen and oxygen atoms in total. The molecule has 30 heavy (non-hydrogen) atoms. The van der Waals surface area contributed by atoms with Crippen LogP contribution >= 0.6 is 0 Å². The van der Waals surface area contributed by atoms with Gasteiger partial charge in [0, 0.05) is 29.3 Å². The molecule has 0 radical (unpaired) electrons. The summed E-state index contributed by atoms with van der Waals surface area (Å²) in [5.74, 6) is 5.06. The molecule has 0 saturated carbocycles. The molecule has 0 aliphatic rings. The van der Waals surface area contributed by atoms with E-state index in [-0.39, 0.29) is 12.0 Å². The number of aryl methyl sites for hydroxylation is 1. The van der Waals surface area contributed by atoms with Gasteiger partial charge < -0.3 is 10.4 Å². The summed E-state index contributed by atoms with van der Waals surface area (Å²) < 4.78 is 6.59. The fraction of sp³-hybridized carbons (Fsp3) is 0.0952. The zero-order valence-electron chi connectivity index (χ0n) is 15.8. The van der Waals surface area contributed by atoms with Gasteiger partial charge >= 0.3 is 12.0 Å². The van der Waals surface area contributed by atoms with Crippen molar-refractivity contribution in [3.63, 3.8) is 0 Å². The highest BCUT2D eigenvalue weighted by atomic mass is 16.5. The van der Waals surface area contributed by atoms with Gasteiger partial charge in [0.15, 0.2) is 6.07 Å². The number of aromatic nitrogens is 2. The molecular formula is C21H15N5O4. The number of nitrogens with zero attached hydrogens (tertiary/aromatic N) is 4. The first kappa shape index (κ1) is 21.6. The standard InChI is InChI=1S/C20H15N5O2.CO2/c1-2-15-7-11-18(12-8-15)25-14-19(27-24-25)23-20(26)22-17-9-5-16(6-10-17)4-3-13-21;2-1-3/h5-12,14H,2H2,1H3,(H-,22,23,24,26);. The third kappa shape index (κ3) is 6.46. The van der Waals surface area contributed by atoms with Gasteiger partial charge in [-0.1, -0.05) is 25.0 Å². The maximum Gasteiger partial charge on any atom is 0.373 e. The van der Waals surface area contributed by atoms with E-state index in [1.165, 1.54) is 16.4 Å². The van der Waals surface area contributed by atoms with E-state index in [0.29, 0.717) is 11.3 Å². The highest BCUT2D eigenvalue weighted by molar-refractivity contribution is 5.87. The van der Waals surface area contributed by atoms with E-state index < -0.39 is 6.02 Å². The van der Waals surface area contributed by atoms with Crippen molar-refractivity contribution in [3.05, 3.63) is 65.9 Å². The lowest BCUT2D eigenvalue weighted by atomic mass is 10.1. The molecule has 0 fully saturated rings. The van der Waals surface area contributed by atoms with Crippen molar-refractivity contribution in [2.45, 2.75) is 13.3 Å². The predicted octanol–water partition coefficient (Wildman–Crippen LogP) is 1.27. The number of amidine groups is 1. The Labute approximate surface area is 171 Å². The van der Waals surface area contributed by atoms with Crippen molar-refractivity contribution in [3.8, 4) is 23.6 Å². The first-order valence-electron chi connectivity index (χ1n) is 8.59. The zero-order chi connectivity index (χ0) is 21.8. The third-order valence-electron chi connectivity index (χ3n) is 3.67. The third-order valence-corrected chi connectivity index (χ3v) is 3.67. The van der Waals surface area contributed by atoms with Gasteiger partial charge in [-0.25, -0.2) is 4.99 Å². The molecule has 1 heterocycles. The van der Waals surface area contributed by atoms with Crippen LogP contribution in [-0.4, -0.2) is 17.4 Å². The largest absolute Gasteiger partial charge is 0.846 e. The Morgan fingerprint density at radius 1 is 1.20 bits per heavy atom. The van der Waals surface area contributed by atoms with Gasteiger partial charge in [0.25, 0.3) is 6.20 Å². The van der Waals surface area contributed by atoms with Crippen molar-refractivity contribution in [2.24, 2.45) is 4.99 Å². The molecule has 0 spiro atoms. The smallest absolute Gasteiger partial charge is 0.373 e. The molecule has 0 amide bonds. The fourth-order valence-electron chi connectivity index (χ4n) is 2.28. The molecule has 0 unspecified atom stereocenters. The second-order valence-corrected chi connectivity index (χ2v) is 5.57. The normalized spacial score (nSPS) is 9.80. The lowest BCUT2D eigenvalue weighted by Gasteiger charge is -2.11. The van der Waals surface area contributed by atoms with Gasteiger partial charge in [-0.15, -0.1) is 0 Å². The quantitative estimate of drug-likeness (QED) is 0.301. The summed E-state index contributed by atoms with van der Waals surface area (Å²) in [4.78, 5) is 20.1. The van der Waals surface area contributed by atoms with Gasteiger partial charge in [0.2, 0.25) is 11.0 Å². The number of rotatable bonds is 4. The number of carbonyl (C=O) groups excluding carboxylic acids is 2. The SMILES string of the molecule is CCc1ccc(-[n+]2cc(N=C([O-])Nc3ccc(C#CC#N)cc3)on2)cc1.O=C=O. The Morgan fingerprint density at radius 3 is 2.47 bits per heavy atom. The minimum atomic E-state index is -0.588. The maximum atomic E-state index is 12.0. The average Bonchev–Trinajstić information content (AvgIpc) is 3.22. The van der Waals surface area contributed by atoms with E-state index in [0.717, 1.165) is 12.1 Å². The highest BCUT2D eigenvalue weighted by Gasteiger charge is 2.13. The molecular weight excluding hydrogens is 386 g/mol. The van der Waals surface area contributed by atoms with E-state index in [1.807, 2.05) is 24.3 Å². The van der Waals surface area contributed by atoms with Crippen LogP contribution in [0.2, 0.25) is 0 Å². The number of hydrogen-bond acceptors (Lipinski definition) is 7. The van der Waals surface area contributed by atoms with Crippen molar-refractivity contribution < 1.29 is 23.9 Å². The van der Waals surface area contributed by atoms with Crippen LogP contribution in [0.25, 0.3) is 5.69 Å². The van der Waals surface area contributed by atoms with Crippen molar-refractivity contribution in [2.75, 3.05) is 5.32 Å². The summed E-state index contributed by atoms with van der Waals surface area (Å²) >= 11 is 0. The fourth-order valence-corrected chi connectivity index (χ4v) is 2.28. The minimum absolute atomic E-state index is 0.0866. The lowest BCUT2D eigenvalue weighted by Crippen LogP contribution is -2.31. The molecule has 0 aliphatic heterocycles. The molecule has 2 aromatic carbocycles. The average molecular weight is 401 g/mol. The number of aliphatic imine (C=N–C) groups is 1. The van der Waals surface area contributed by atoms with E-state index in [4.69, 9.17) is 19.4 Å². The molecule has 3 rings (SSSR count). The highest BCUT2D eigenvalue weighted by Crippen LogP contribution is 2.12. The number of nitrogens with one attached hydrogen (secondary N) is 1. The monoisotopic (exact) mass is 401 g/mol. The van der Waals surface area contributed by atoms with Crippen molar-refractivity contribution >= 4 is 23.7 Å². The van der Waals surface area contributed by atoms with Crippen molar-refractivity contribution in [1.82, 2.24) is 5.27 Å². The molecule has 1 N–H and O–H groups in total. The summed E-state index contributed by atoms with van der Waals surface area (Å²) in [6, 6.07) is 15.7. The Hall–Kier alpha value is -4.72. The summed E-state index contributed by atoms with van der Waals surface area (Å²) in [5.41, 5.74) is 3.26. The zero-order valence-corrected chi connectivity index (χ0v) is 15.8. The van der Waals surface area contributed by atoms with Gasteiger partial charge in [-0.2, -0.15) is 14.9 Å². The maximum absolute atomic E-state index is 12.0. The van der Waals surface area contributed by atoms with Crippen LogP contribution in [0.5, 0.6) is 0 Å². The predicted molar refractivity (Wildman–Crippen MR) is 102 cm³/mol. The Bertz CT molecular complexity index is 1140. The molecule has 9 heteroatoms. The van der Waals surface area contributed by atoms with E-state index in [2.05, 4.69) is 34.3 Å². The van der Waals surface area contributed by atoms with E-state index in [9.17, 15) is 5.11 Å². The Kier molecular flexibility index (Phi) is 8.05. The molecule has 1 aromatic heterocycles. The van der Waals surface area contributed by atoms with E-state index >= 15 is 0 Å². The molecule has 0 bridgehead atoms. The Balaban J connectivity index is 0.00000101. The number of nitriles is 1. The van der Waals surface area contributed by atoms with Crippen LogP contribution < -0.4 is 15.1 Å². The topological polar surface area (TPSA) is 135 Å². The molecule has 0 aliphatic carbocycles. The Morgan fingerprint density at radius 2 is 1.87 bits per heavy atom. The number of anilines is 1. The molecule has 0 atom stereocenters. The molecule has 3 aromatic rings. The van der Waals surface area contributed by atoms with Crippen molar-refractivity contribution in [1.29, 1.82) is 5.26 Å². The molecule has 148 valence electrons. The van der Waals surface area contributed by atoms with Crippen LogP contribution in [0, 0.1) is 23.2 Å². The van der Waals surface area contributed by atoms with Gasteiger partial charge in [-0.05, 0) is 40.9 Å². The summed E-state index contributed by atoms with van der Waals surface area (Å²) in [6.07, 6.45) is 2.73. The summed E-state index contributed by atoms with van der Waals surface area (Å²) in [6.45, 7) is 2.08. The van der Waals surface area contributed by atoms with Gasteiger partial charge in [0.05, 0.1) is 6.02 Å². The lowest BCUT2D eigenvalue weighted by molar-refractivity contribution is -0.670. The van der Waals surface area contributed by atoms with Crippen LogP contribution in [0.1, 0.15) is 18.1 Å².